The Kier molecular flexibility index (Phi) is 3.12. The van der Waals surface area contributed by atoms with E-state index >= 15 is 0 Å². The average Bonchev–Trinajstić information content (AvgIpc) is 2.74. The summed E-state index contributed by atoms with van der Waals surface area (Å²) in [5.74, 6) is -0.300. The molecule has 0 unspecified atom stereocenters. The van der Waals surface area contributed by atoms with Gasteiger partial charge in [0.1, 0.15) is 6.33 Å². The molecule has 18 heavy (non-hydrogen) atoms. The first-order valence-corrected chi connectivity index (χ1v) is 5.20. The quantitative estimate of drug-likeness (QED) is 0.663. The topological polar surface area (TPSA) is 58.3 Å². The first-order valence-electron chi connectivity index (χ1n) is 5.20. The van der Waals surface area contributed by atoms with Crippen LogP contribution in [-0.4, -0.2) is 19.8 Å². The van der Waals surface area contributed by atoms with Gasteiger partial charge in [0.2, 0.25) is 0 Å². The smallest absolute Gasteiger partial charge is 0.159 e. The molecule has 0 radical (unpaired) electrons. The second-order valence-electron chi connectivity index (χ2n) is 3.78. The number of benzene rings is 2. The molecule has 0 fully saturated rings. The van der Waals surface area contributed by atoms with Crippen molar-refractivity contribution in [1.82, 2.24) is 9.55 Å². The first-order chi connectivity index (χ1) is 8.25. The number of imidazole rings is 1. The monoisotopic (exact) mass is 262 g/mol. The number of hydrogen-bond donors (Lipinski definition) is 2. The third-order valence-corrected chi connectivity index (χ3v) is 2.68. The van der Waals surface area contributed by atoms with Gasteiger partial charge in [0.25, 0.3) is 0 Å². The van der Waals surface area contributed by atoms with Crippen LogP contribution in [0, 0.1) is 0 Å². The van der Waals surface area contributed by atoms with Gasteiger partial charge in [-0.3, -0.25) is 4.57 Å². The Balaban J connectivity index is 0.00000120. The fraction of sp³-hybridized carbons (Fsp3) is 0. The molecular formula is C13H11ClN2O2. The predicted octanol–water partition coefficient (Wildman–Crippen LogP) is 2.86. The second kappa shape index (κ2) is 4.58. The van der Waals surface area contributed by atoms with Gasteiger partial charge in [-0.1, -0.05) is 18.2 Å². The Morgan fingerprint density at radius 3 is 2.33 bits per heavy atom. The molecule has 92 valence electrons. The minimum absolute atomic E-state index is 0. The third-order valence-electron chi connectivity index (χ3n) is 2.68. The van der Waals surface area contributed by atoms with E-state index in [0.29, 0.717) is 5.52 Å². The maximum absolute atomic E-state index is 9.52. The van der Waals surface area contributed by atoms with Crippen molar-refractivity contribution in [3.05, 3.63) is 48.8 Å². The highest BCUT2D eigenvalue weighted by Crippen LogP contribution is 2.30. The van der Waals surface area contributed by atoms with Gasteiger partial charge in [-0.05, 0) is 12.1 Å². The number of aromatic nitrogens is 2. The summed E-state index contributed by atoms with van der Waals surface area (Å²) in [6, 6.07) is 12.7. The summed E-state index contributed by atoms with van der Waals surface area (Å²) in [6.45, 7) is 0. The summed E-state index contributed by atoms with van der Waals surface area (Å²) < 4.78 is 1.86. The number of para-hydroxylation sites is 1. The maximum atomic E-state index is 9.52. The number of phenols is 2. The highest BCUT2D eigenvalue weighted by atomic mass is 35.5. The molecule has 0 aliphatic rings. The summed E-state index contributed by atoms with van der Waals surface area (Å²) >= 11 is 0. The zero-order valence-corrected chi connectivity index (χ0v) is 10.1. The van der Waals surface area contributed by atoms with Crippen LogP contribution < -0.4 is 0 Å². The molecule has 2 N–H and O–H groups in total. The highest BCUT2D eigenvalue weighted by Gasteiger charge is 2.08. The van der Waals surface area contributed by atoms with Gasteiger partial charge in [0.05, 0.1) is 11.0 Å². The van der Waals surface area contributed by atoms with E-state index in [1.807, 2.05) is 34.9 Å². The average molecular weight is 263 g/mol. The largest absolute Gasteiger partial charge is 0.504 e. The SMILES string of the molecule is Cl.Oc1cc2ncn(-c3ccccc3)c2cc1O. The molecule has 0 aliphatic heterocycles. The summed E-state index contributed by atoms with van der Waals surface area (Å²) in [4.78, 5) is 4.19. The van der Waals surface area contributed by atoms with Crippen molar-refractivity contribution in [1.29, 1.82) is 0 Å². The van der Waals surface area contributed by atoms with Gasteiger partial charge in [-0.15, -0.1) is 12.4 Å². The number of aromatic hydroxyl groups is 2. The van der Waals surface area contributed by atoms with E-state index in [1.54, 1.807) is 6.33 Å². The van der Waals surface area contributed by atoms with Crippen LogP contribution in [0.4, 0.5) is 0 Å². The number of phenolic OH excluding ortho intramolecular Hbond substituents is 2. The lowest BCUT2D eigenvalue weighted by Gasteiger charge is -2.04. The van der Waals surface area contributed by atoms with Crippen molar-refractivity contribution in [2.24, 2.45) is 0 Å². The molecule has 3 aromatic rings. The lowest BCUT2D eigenvalue weighted by atomic mass is 10.2. The van der Waals surface area contributed by atoms with Crippen LogP contribution >= 0.6 is 12.4 Å². The van der Waals surface area contributed by atoms with E-state index < -0.39 is 0 Å². The fourth-order valence-corrected chi connectivity index (χ4v) is 1.83. The Hall–Kier alpha value is -2.20. The molecule has 0 bridgehead atoms. The minimum Gasteiger partial charge on any atom is -0.504 e. The van der Waals surface area contributed by atoms with Crippen LogP contribution in [0.1, 0.15) is 0 Å². The van der Waals surface area contributed by atoms with E-state index in [2.05, 4.69) is 4.98 Å². The van der Waals surface area contributed by atoms with Crippen LogP contribution in [0.25, 0.3) is 16.7 Å². The van der Waals surface area contributed by atoms with Crippen LogP contribution in [0.5, 0.6) is 11.5 Å². The Labute approximate surface area is 110 Å². The number of hydrogen-bond acceptors (Lipinski definition) is 3. The molecule has 0 saturated carbocycles. The highest BCUT2D eigenvalue weighted by molar-refractivity contribution is 5.85. The predicted molar refractivity (Wildman–Crippen MR) is 71.6 cm³/mol. The molecule has 0 atom stereocenters. The first kappa shape index (κ1) is 12.3. The van der Waals surface area contributed by atoms with Gasteiger partial charge in [0, 0.05) is 17.8 Å². The van der Waals surface area contributed by atoms with E-state index in [-0.39, 0.29) is 23.9 Å². The Bertz CT molecular complexity index is 680. The van der Waals surface area contributed by atoms with Gasteiger partial charge in [0.15, 0.2) is 11.5 Å². The van der Waals surface area contributed by atoms with Crippen molar-refractivity contribution in [3.8, 4) is 17.2 Å². The van der Waals surface area contributed by atoms with Crippen molar-refractivity contribution in [2.45, 2.75) is 0 Å². The summed E-state index contributed by atoms with van der Waals surface area (Å²) in [5.41, 5.74) is 2.36. The van der Waals surface area contributed by atoms with Gasteiger partial charge in [-0.2, -0.15) is 0 Å². The van der Waals surface area contributed by atoms with Gasteiger partial charge >= 0.3 is 0 Å². The lowest BCUT2D eigenvalue weighted by Crippen LogP contribution is -1.90. The van der Waals surface area contributed by atoms with Crippen molar-refractivity contribution in [3.63, 3.8) is 0 Å². The Morgan fingerprint density at radius 1 is 0.944 bits per heavy atom. The molecule has 3 rings (SSSR count). The lowest BCUT2D eigenvalue weighted by molar-refractivity contribution is 0.404. The van der Waals surface area contributed by atoms with E-state index in [4.69, 9.17) is 0 Å². The zero-order valence-electron chi connectivity index (χ0n) is 9.32. The second-order valence-corrected chi connectivity index (χ2v) is 3.78. The van der Waals surface area contributed by atoms with Crippen LogP contribution in [0.15, 0.2) is 48.8 Å². The van der Waals surface area contributed by atoms with E-state index in [9.17, 15) is 10.2 Å². The number of nitrogens with zero attached hydrogens (tertiary/aromatic N) is 2. The van der Waals surface area contributed by atoms with Gasteiger partial charge in [-0.25, -0.2) is 4.98 Å². The molecule has 0 aliphatic carbocycles. The zero-order chi connectivity index (χ0) is 11.8. The van der Waals surface area contributed by atoms with Crippen molar-refractivity contribution in [2.75, 3.05) is 0 Å². The van der Waals surface area contributed by atoms with E-state index in [1.165, 1.54) is 12.1 Å². The minimum atomic E-state index is -0.157. The number of rotatable bonds is 1. The van der Waals surface area contributed by atoms with Crippen LogP contribution in [-0.2, 0) is 0 Å². The normalized spacial score (nSPS) is 10.2. The summed E-state index contributed by atoms with van der Waals surface area (Å²) in [5, 5.41) is 18.9. The molecular weight excluding hydrogens is 252 g/mol. The standard InChI is InChI=1S/C13H10N2O2.ClH/c16-12-6-10-11(7-13(12)17)15(8-14-10)9-4-2-1-3-5-9;/h1-8,16-17H;1H. The molecule has 5 heteroatoms. The fourth-order valence-electron chi connectivity index (χ4n) is 1.83. The summed E-state index contributed by atoms with van der Waals surface area (Å²) in [7, 11) is 0. The summed E-state index contributed by atoms with van der Waals surface area (Å²) in [6.07, 6.45) is 1.67. The number of fused-ring (bicyclic) bond motifs is 1. The van der Waals surface area contributed by atoms with Gasteiger partial charge < -0.3 is 10.2 Å². The molecule has 2 aromatic carbocycles. The molecule has 1 heterocycles. The maximum Gasteiger partial charge on any atom is 0.159 e. The van der Waals surface area contributed by atoms with E-state index in [0.717, 1.165) is 11.2 Å². The van der Waals surface area contributed by atoms with Crippen molar-refractivity contribution < 1.29 is 10.2 Å². The third kappa shape index (κ3) is 1.87. The molecule has 1 aromatic heterocycles. The molecule has 0 spiro atoms. The Morgan fingerprint density at radius 2 is 1.61 bits per heavy atom. The number of halogens is 1. The molecule has 4 nitrogen and oxygen atoms in total. The molecule has 0 amide bonds. The van der Waals surface area contributed by atoms with Crippen molar-refractivity contribution >= 4 is 23.4 Å². The van der Waals surface area contributed by atoms with Crippen LogP contribution in [0.2, 0.25) is 0 Å². The molecule has 0 saturated heterocycles. The van der Waals surface area contributed by atoms with Crippen LogP contribution in [0.3, 0.4) is 0 Å².